The summed E-state index contributed by atoms with van der Waals surface area (Å²) >= 11 is 0. The van der Waals surface area contributed by atoms with Crippen molar-refractivity contribution in [2.45, 2.75) is 53.1 Å². The van der Waals surface area contributed by atoms with E-state index in [0.29, 0.717) is 13.0 Å². The SMILES string of the molecule is CCCn1nc(C(=O)NC(CO)CC(C)(C)C)ccc1=O. The van der Waals surface area contributed by atoms with Crippen molar-refractivity contribution in [3.05, 3.63) is 28.2 Å². The Bertz CT molecular complexity index is 532. The highest BCUT2D eigenvalue weighted by Gasteiger charge is 2.21. The Morgan fingerprint density at radius 2 is 2.10 bits per heavy atom. The number of nitrogens with zero attached hydrogens (tertiary/aromatic N) is 2. The second-order valence-electron chi connectivity index (χ2n) is 6.40. The molecular weight excluding hydrogens is 270 g/mol. The maximum absolute atomic E-state index is 12.2. The maximum Gasteiger partial charge on any atom is 0.272 e. The molecule has 118 valence electrons. The highest BCUT2D eigenvalue weighted by molar-refractivity contribution is 5.92. The molecule has 0 fully saturated rings. The number of carbonyl (C=O) groups excluding carboxylic acids is 1. The fourth-order valence-electron chi connectivity index (χ4n) is 2.10. The molecule has 1 heterocycles. The number of hydrogen-bond donors (Lipinski definition) is 2. The molecule has 0 aliphatic carbocycles. The summed E-state index contributed by atoms with van der Waals surface area (Å²) < 4.78 is 1.28. The van der Waals surface area contributed by atoms with Crippen molar-refractivity contribution in [2.24, 2.45) is 5.41 Å². The molecule has 1 aromatic heterocycles. The molecule has 6 heteroatoms. The van der Waals surface area contributed by atoms with E-state index >= 15 is 0 Å². The van der Waals surface area contributed by atoms with E-state index in [1.807, 2.05) is 27.7 Å². The molecule has 0 saturated heterocycles. The molecule has 6 nitrogen and oxygen atoms in total. The van der Waals surface area contributed by atoms with Crippen molar-refractivity contribution >= 4 is 5.91 Å². The summed E-state index contributed by atoms with van der Waals surface area (Å²) in [7, 11) is 0. The van der Waals surface area contributed by atoms with Crippen molar-refractivity contribution in [2.75, 3.05) is 6.61 Å². The molecular formula is C15H25N3O3. The number of hydrogen-bond acceptors (Lipinski definition) is 4. The average Bonchev–Trinajstić information content (AvgIpc) is 2.39. The van der Waals surface area contributed by atoms with Gasteiger partial charge in [0.2, 0.25) is 0 Å². The molecule has 1 rings (SSSR count). The van der Waals surface area contributed by atoms with Gasteiger partial charge in [-0.3, -0.25) is 9.59 Å². The van der Waals surface area contributed by atoms with Crippen LogP contribution in [-0.4, -0.2) is 33.4 Å². The van der Waals surface area contributed by atoms with E-state index in [0.717, 1.165) is 6.42 Å². The first kappa shape index (κ1) is 17.4. The Kier molecular flexibility index (Phi) is 6.08. The molecule has 0 radical (unpaired) electrons. The minimum absolute atomic E-state index is 0.00486. The number of nitrogens with one attached hydrogen (secondary N) is 1. The monoisotopic (exact) mass is 295 g/mol. The zero-order valence-corrected chi connectivity index (χ0v) is 13.2. The van der Waals surface area contributed by atoms with Gasteiger partial charge in [-0.25, -0.2) is 4.68 Å². The molecule has 1 aromatic rings. The van der Waals surface area contributed by atoms with Gasteiger partial charge in [0.1, 0.15) is 5.69 Å². The Balaban J connectivity index is 2.83. The van der Waals surface area contributed by atoms with Gasteiger partial charge in [-0.15, -0.1) is 0 Å². The van der Waals surface area contributed by atoms with Crippen molar-refractivity contribution in [3.8, 4) is 0 Å². The van der Waals surface area contributed by atoms with Gasteiger partial charge in [-0.2, -0.15) is 5.10 Å². The van der Waals surface area contributed by atoms with Crippen LogP contribution in [-0.2, 0) is 6.54 Å². The number of aromatic nitrogens is 2. The predicted octanol–water partition coefficient (Wildman–Crippen LogP) is 1.18. The van der Waals surface area contributed by atoms with E-state index in [-0.39, 0.29) is 35.2 Å². The third kappa shape index (κ3) is 5.67. The molecule has 0 spiro atoms. The zero-order chi connectivity index (χ0) is 16.0. The van der Waals surface area contributed by atoms with Gasteiger partial charge in [0, 0.05) is 12.6 Å². The fraction of sp³-hybridized carbons (Fsp3) is 0.667. The molecule has 1 atom stereocenters. The third-order valence-corrected chi connectivity index (χ3v) is 2.95. The van der Waals surface area contributed by atoms with Crippen LogP contribution in [0.15, 0.2) is 16.9 Å². The van der Waals surface area contributed by atoms with Gasteiger partial charge in [0.25, 0.3) is 11.5 Å². The first-order chi connectivity index (χ1) is 9.76. The molecule has 0 saturated carbocycles. The van der Waals surface area contributed by atoms with Crippen LogP contribution in [0.2, 0.25) is 0 Å². The summed E-state index contributed by atoms with van der Waals surface area (Å²) in [5, 5.41) is 16.2. The van der Waals surface area contributed by atoms with Crippen molar-refractivity contribution in [1.29, 1.82) is 0 Å². The first-order valence-corrected chi connectivity index (χ1v) is 7.26. The van der Waals surface area contributed by atoms with Crippen LogP contribution in [0.4, 0.5) is 0 Å². The number of aryl methyl sites for hydroxylation is 1. The summed E-state index contributed by atoms with van der Waals surface area (Å²) in [6, 6.07) is 2.43. The van der Waals surface area contributed by atoms with E-state index in [4.69, 9.17) is 0 Å². The van der Waals surface area contributed by atoms with Gasteiger partial charge in [0.05, 0.1) is 12.6 Å². The molecule has 1 unspecified atom stereocenters. The number of rotatable bonds is 6. The van der Waals surface area contributed by atoms with Crippen LogP contribution in [0.5, 0.6) is 0 Å². The van der Waals surface area contributed by atoms with E-state index < -0.39 is 0 Å². The summed E-state index contributed by atoms with van der Waals surface area (Å²) in [5.74, 6) is -0.372. The third-order valence-electron chi connectivity index (χ3n) is 2.95. The lowest BCUT2D eigenvalue weighted by Crippen LogP contribution is -2.41. The second-order valence-corrected chi connectivity index (χ2v) is 6.40. The number of aliphatic hydroxyl groups excluding tert-OH is 1. The van der Waals surface area contributed by atoms with Crippen molar-refractivity contribution in [1.82, 2.24) is 15.1 Å². The molecule has 0 bridgehead atoms. The van der Waals surface area contributed by atoms with Crippen LogP contribution < -0.4 is 10.9 Å². The number of carbonyl (C=O) groups is 1. The second kappa shape index (κ2) is 7.36. The Morgan fingerprint density at radius 3 is 2.62 bits per heavy atom. The molecule has 0 aliphatic rings. The molecule has 0 aromatic carbocycles. The van der Waals surface area contributed by atoms with Crippen molar-refractivity contribution < 1.29 is 9.90 Å². The smallest absolute Gasteiger partial charge is 0.272 e. The van der Waals surface area contributed by atoms with Crippen LogP contribution in [0.25, 0.3) is 0 Å². The zero-order valence-electron chi connectivity index (χ0n) is 13.2. The summed E-state index contributed by atoms with van der Waals surface area (Å²) in [6.45, 7) is 8.42. The topological polar surface area (TPSA) is 84.2 Å². The van der Waals surface area contributed by atoms with Gasteiger partial charge in [-0.05, 0) is 24.3 Å². The Labute approximate surface area is 125 Å². The average molecular weight is 295 g/mol. The van der Waals surface area contributed by atoms with Gasteiger partial charge < -0.3 is 10.4 Å². The maximum atomic E-state index is 12.2. The molecule has 21 heavy (non-hydrogen) atoms. The minimum Gasteiger partial charge on any atom is -0.394 e. The molecule has 0 aliphatic heterocycles. The summed E-state index contributed by atoms with van der Waals surface area (Å²) in [5.41, 5.74) is -0.0352. The standard InChI is InChI=1S/C15H25N3O3/c1-5-8-18-13(20)7-6-12(17-18)14(21)16-11(10-19)9-15(2,3)4/h6-7,11,19H,5,8-10H2,1-4H3,(H,16,21). The van der Waals surface area contributed by atoms with Crippen LogP contribution >= 0.6 is 0 Å². The first-order valence-electron chi connectivity index (χ1n) is 7.26. The van der Waals surface area contributed by atoms with Crippen LogP contribution in [0, 0.1) is 5.41 Å². The normalized spacial score (nSPS) is 13.0. The lowest BCUT2D eigenvalue weighted by atomic mass is 9.88. The highest BCUT2D eigenvalue weighted by atomic mass is 16.3. The minimum atomic E-state index is -0.372. The highest BCUT2D eigenvalue weighted by Crippen LogP contribution is 2.20. The van der Waals surface area contributed by atoms with Crippen LogP contribution in [0.1, 0.15) is 51.0 Å². The van der Waals surface area contributed by atoms with E-state index in [1.165, 1.54) is 16.8 Å². The van der Waals surface area contributed by atoms with Gasteiger partial charge in [0.15, 0.2) is 0 Å². The lowest BCUT2D eigenvalue weighted by molar-refractivity contribution is 0.0890. The molecule has 2 N–H and O–H groups in total. The number of aliphatic hydroxyl groups is 1. The Hall–Kier alpha value is -1.69. The predicted molar refractivity (Wildman–Crippen MR) is 81.2 cm³/mol. The Morgan fingerprint density at radius 1 is 1.43 bits per heavy atom. The number of amides is 1. The van der Waals surface area contributed by atoms with Crippen molar-refractivity contribution in [3.63, 3.8) is 0 Å². The summed E-state index contributed by atoms with van der Waals surface area (Å²) in [4.78, 5) is 23.7. The van der Waals surface area contributed by atoms with E-state index in [1.54, 1.807) is 0 Å². The van der Waals surface area contributed by atoms with Gasteiger partial charge in [-0.1, -0.05) is 27.7 Å². The lowest BCUT2D eigenvalue weighted by Gasteiger charge is -2.25. The fourth-order valence-corrected chi connectivity index (χ4v) is 2.10. The summed E-state index contributed by atoms with van der Waals surface area (Å²) in [6.07, 6.45) is 1.42. The van der Waals surface area contributed by atoms with Gasteiger partial charge >= 0.3 is 0 Å². The van der Waals surface area contributed by atoms with E-state index in [9.17, 15) is 14.7 Å². The quantitative estimate of drug-likeness (QED) is 0.825. The molecule has 1 amide bonds. The van der Waals surface area contributed by atoms with E-state index in [2.05, 4.69) is 10.4 Å². The largest absolute Gasteiger partial charge is 0.394 e. The van der Waals surface area contributed by atoms with Crippen LogP contribution in [0.3, 0.4) is 0 Å².